The molecule has 0 aromatic carbocycles. The number of rotatable bonds is 4. The summed E-state index contributed by atoms with van der Waals surface area (Å²) in [4.78, 5) is 13.2. The van der Waals surface area contributed by atoms with Gasteiger partial charge in [-0.3, -0.25) is 4.90 Å². The van der Waals surface area contributed by atoms with E-state index in [0.717, 1.165) is 32.7 Å². The Balaban J connectivity index is 2.25. The normalized spacial score (nSPS) is 20.4. The molecule has 0 aliphatic carbocycles. The summed E-state index contributed by atoms with van der Waals surface area (Å²) < 4.78 is 9.79. The van der Waals surface area contributed by atoms with E-state index in [9.17, 15) is 4.79 Å². The zero-order valence-electron chi connectivity index (χ0n) is 9.44. The molecule has 1 aliphatic heterocycles. The predicted molar refractivity (Wildman–Crippen MR) is 57.6 cm³/mol. The van der Waals surface area contributed by atoms with Gasteiger partial charge in [0.2, 0.25) is 0 Å². The fourth-order valence-electron chi connectivity index (χ4n) is 1.60. The molecule has 0 N–H and O–H groups in total. The molecule has 0 radical (unpaired) electrons. The van der Waals surface area contributed by atoms with Gasteiger partial charge in [0.1, 0.15) is 0 Å². The van der Waals surface area contributed by atoms with Crippen molar-refractivity contribution in [3.05, 3.63) is 12.2 Å². The van der Waals surface area contributed by atoms with Gasteiger partial charge >= 0.3 is 5.97 Å². The summed E-state index contributed by atoms with van der Waals surface area (Å²) in [5.41, 5.74) is 0. The Hall–Kier alpha value is -0.870. The second-order valence-corrected chi connectivity index (χ2v) is 3.66. The highest BCUT2D eigenvalue weighted by Crippen LogP contribution is 2.07. The molecule has 15 heavy (non-hydrogen) atoms. The molecule has 1 atom stereocenters. The molecule has 0 unspecified atom stereocenters. The molecule has 1 fully saturated rings. The summed E-state index contributed by atoms with van der Waals surface area (Å²) in [5, 5.41) is 0. The lowest BCUT2D eigenvalue weighted by Crippen LogP contribution is -2.41. The third kappa shape index (κ3) is 4.44. The van der Waals surface area contributed by atoms with Gasteiger partial charge < -0.3 is 9.47 Å². The minimum Gasteiger partial charge on any atom is -0.466 e. The number of hydrogen-bond donors (Lipinski definition) is 0. The van der Waals surface area contributed by atoms with Crippen LogP contribution in [0.2, 0.25) is 0 Å². The van der Waals surface area contributed by atoms with Gasteiger partial charge in [0.25, 0.3) is 0 Å². The number of carbonyl (C=O) groups excluding carboxylic acids is 1. The van der Waals surface area contributed by atoms with Crippen molar-refractivity contribution in [1.82, 2.24) is 4.90 Å². The first kappa shape index (κ1) is 12.2. The third-order valence-electron chi connectivity index (χ3n) is 2.60. The Bertz CT molecular complexity index is 222. The Kier molecular flexibility index (Phi) is 5.36. The van der Waals surface area contributed by atoms with Gasteiger partial charge in [-0.05, 0) is 13.3 Å². The second-order valence-electron chi connectivity index (χ2n) is 3.66. The van der Waals surface area contributed by atoms with Crippen molar-refractivity contribution in [3.8, 4) is 0 Å². The standard InChI is InChI=1S/C11H19NO3/c1-10(4-3-5-11(13)14-2)12-6-8-15-9-7-12/h3,5,10H,4,6-9H2,1-2H3/b5-3+/t10-/m1/s1. The van der Waals surface area contributed by atoms with Gasteiger partial charge in [-0.25, -0.2) is 4.79 Å². The van der Waals surface area contributed by atoms with Crippen molar-refractivity contribution in [2.75, 3.05) is 33.4 Å². The van der Waals surface area contributed by atoms with Gasteiger partial charge in [-0.2, -0.15) is 0 Å². The fourth-order valence-corrected chi connectivity index (χ4v) is 1.60. The molecule has 0 bridgehead atoms. The van der Waals surface area contributed by atoms with E-state index >= 15 is 0 Å². The topological polar surface area (TPSA) is 38.8 Å². The maximum atomic E-state index is 10.8. The van der Waals surface area contributed by atoms with Crippen LogP contribution in [0.4, 0.5) is 0 Å². The summed E-state index contributed by atoms with van der Waals surface area (Å²) in [6.07, 6.45) is 4.22. The second kappa shape index (κ2) is 6.58. The summed E-state index contributed by atoms with van der Waals surface area (Å²) in [5.74, 6) is -0.288. The van der Waals surface area contributed by atoms with Crippen molar-refractivity contribution in [2.24, 2.45) is 0 Å². The van der Waals surface area contributed by atoms with Crippen LogP contribution in [0.25, 0.3) is 0 Å². The molecule has 1 rings (SSSR count). The van der Waals surface area contributed by atoms with Crippen LogP contribution < -0.4 is 0 Å². The van der Waals surface area contributed by atoms with Crippen molar-refractivity contribution >= 4 is 5.97 Å². The van der Waals surface area contributed by atoms with Gasteiger partial charge in [0.15, 0.2) is 0 Å². The smallest absolute Gasteiger partial charge is 0.330 e. The van der Waals surface area contributed by atoms with E-state index in [1.807, 2.05) is 6.08 Å². The molecule has 0 aromatic rings. The maximum absolute atomic E-state index is 10.8. The van der Waals surface area contributed by atoms with Crippen LogP contribution in [0, 0.1) is 0 Å². The minimum atomic E-state index is -0.288. The number of morpholine rings is 1. The Labute approximate surface area is 90.8 Å². The third-order valence-corrected chi connectivity index (χ3v) is 2.60. The SMILES string of the molecule is COC(=O)/C=C/C[C@@H](C)N1CCOCC1. The number of nitrogens with zero attached hydrogens (tertiary/aromatic N) is 1. The maximum Gasteiger partial charge on any atom is 0.330 e. The van der Waals surface area contributed by atoms with Crippen molar-refractivity contribution in [3.63, 3.8) is 0 Å². The van der Waals surface area contributed by atoms with Crippen molar-refractivity contribution in [1.29, 1.82) is 0 Å². The summed E-state index contributed by atoms with van der Waals surface area (Å²) in [6.45, 7) is 5.74. The molecule has 1 heterocycles. The molecule has 0 aromatic heterocycles. The van der Waals surface area contributed by atoms with E-state index < -0.39 is 0 Å². The quantitative estimate of drug-likeness (QED) is 0.512. The van der Waals surface area contributed by atoms with Crippen LogP contribution in [0.1, 0.15) is 13.3 Å². The minimum absolute atomic E-state index is 0.288. The van der Waals surface area contributed by atoms with E-state index in [-0.39, 0.29) is 5.97 Å². The van der Waals surface area contributed by atoms with Crippen LogP contribution >= 0.6 is 0 Å². The molecule has 1 aliphatic rings. The molecule has 0 saturated carbocycles. The highest BCUT2D eigenvalue weighted by atomic mass is 16.5. The van der Waals surface area contributed by atoms with Crippen LogP contribution in [0.3, 0.4) is 0 Å². The summed E-state index contributed by atoms with van der Waals surface area (Å²) >= 11 is 0. The highest BCUT2D eigenvalue weighted by molar-refractivity contribution is 5.81. The van der Waals surface area contributed by atoms with Crippen molar-refractivity contribution in [2.45, 2.75) is 19.4 Å². The van der Waals surface area contributed by atoms with Crippen molar-refractivity contribution < 1.29 is 14.3 Å². The van der Waals surface area contributed by atoms with Crippen LogP contribution in [-0.2, 0) is 14.3 Å². The Morgan fingerprint density at radius 1 is 1.53 bits per heavy atom. The zero-order valence-corrected chi connectivity index (χ0v) is 9.44. The first-order valence-corrected chi connectivity index (χ1v) is 5.30. The van der Waals surface area contributed by atoms with Gasteiger partial charge in [-0.15, -0.1) is 0 Å². The molecule has 0 spiro atoms. The van der Waals surface area contributed by atoms with Crippen LogP contribution in [0.5, 0.6) is 0 Å². The highest BCUT2D eigenvalue weighted by Gasteiger charge is 2.15. The molecule has 1 saturated heterocycles. The molecule has 4 nitrogen and oxygen atoms in total. The number of hydrogen-bond acceptors (Lipinski definition) is 4. The number of carbonyl (C=O) groups is 1. The molecular weight excluding hydrogens is 194 g/mol. The largest absolute Gasteiger partial charge is 0.466 e. The Morgan fingerprint density at radius 3 is 2.80 bits per heavy atom. The zero-order chi connectivity index (χ0) is 11.1. The predicted octanol–water partition coefficient (Wildman–Crippen LogP) is 0.826. The fraction of sp³-hybridized carbons (Fsp3) is 0.727. The Morgan fingerprint density at radius 2 is 2.20 bits per heavy atom. The first-order chi connectivity index (χ1) is 7.24. The molecule has 4 heteroatoms. The molecule has 0 amide bonds. The van der Waals surface area contributed by atoms with E-state index in [4.69, 9.17) is 4.74 Å². The average Bonchev–Trinajstić information content (AvgIpc) is 2.29. The van der Waals surface area contributed by atoms with Gasteiger partial charge in [0, 0.05) is 25.2 Å². The van der Waals surface area contributed by atoms with E-state index in [0.29, 0.717) is 6.04 Å². The van der Waals surface area contributed by atoms with Crippen LogP contribution in [0.15, 0.2) is 12.2 Å². The van der Waals surface area contributed by atoms with E-state index in [1.54, 1.807) is 0 Å². The monoisotopic (exact) mass is 213 g/mol. The van der Waals surface area contributed by atoms with Gasteiger partial charge in [0.05, 0.1) is 20.3 Å². The first-order valence-electron chi connectivity index (χ1n) is 5.30. The lowest BCUT2D eigenvalue weighted by atomic mass is 10.2. The lowest BCUT2D eigenvalue weighted by molar-refractivity contribution is -0.134. The number of methoxy groups -OCH3 is 1. The van der Waals surface area contributed by atoms with Crippen LogP contribution in [-0.4, -0.2) is 50.3 Å². The number of ether oxygens (including phenoxy) is 2. The lowest BCUT2D eigenvalue weighted by Gasteiger charge is -2.31. The van der Waals surface area contributed by atoms with E-state index in [2.05, 4.69) is 16.6 Å². The molecular formula is C11H19NO3. The number of esters is 1. The molecule has 86 valence electrons. The van der Waals surface area contributed by atoms with E-state index in [1.165, 1.54) is 13.2 Å². The summed E-state index contributed by atoms with van der Waals surface area (Å²) in [7, 11) is 1.39. The average molecular weight is 213 g/mol. The summed E-state index contributed by atoms with van der Waals surface area (Å²) in [6, 6.07) is 0.454. The van der Waals surface area contributed by atoms with Gasteiger partial charge in [-0.1, -0.05) is 6.08 Å².